The lowest BCUT2D eigenvalue weighted by atomic mass is 10.2. The van der Waals surface area contributed by atoms with Gasteiger partial charge in [0.15, 0.2) is 0 Å². The second-order valence-corrected chi connectivity index (χ2v) is 5.09. The molecule has 1 atom stereocenters. The van der Waals surface area contributed by atoms with Gasteiger partial charge < -0.3 is 10.0 Å². The fraction of sp³-hybridized carbons (Fsp3) is 0.500. The number of likely N-dealkylation sites (tertiary alicyclic amines) is 1. The Bertz CT molecular complexity index is 372. The van der Waals surface area contributed by atoms with E-state index < -0.39 is 0 Å². The van der Waals surface area contributed by atoms with E-state index in [-0.39, 0.29) is 18.6 Å². The molecule has 1 aliphatic rings. The topological polar surface area (TPSA) is 53.4 Å². The summed E-state index contributed by atoms with van der Waals surface area (Å²) in [5, 5.41) is 9.16. The van der Waals surface area contributed by atoms with Crippen LogP contribution in [0.5, 0.6) is 0 Å². The van der Waals surface area contributed by atoms with Gasteiger partial charge in [-0.15, -0.1) is 11.8 Å². The van der Waals surface area contributed by atoms with E-state index in [2.05, 4.69) is 4.98 Å². The molecular weight excluding hydrogens is 236 g/mol. The third-order valence-electron chi connectivity index (χ3n) is 2.92. The van der Waals surface area contributed by atoms with Gasteiger partial charge in [-0.1, -0.05) is 0 Å². The van der Waals surface area contributed by atoms with Crippen molar-refractivity contribution in [2.45, 2.75) is 23.8 Å². The molecule has 0 aromatic carbocycles. The van der Waals surface area contributed by atoms with Gasteiger partial charge in [0.25, 0.3) is 0 Å². The van der Waals surface area contributed by atoms with Crippen LogP contribution in [0.25, 0.3) is 0 Å². The lowest BCUT2D eigenvalue weighted by Gasteiger charge is -2.22. The van der Waals surface area contributed by atoms with E-state index in [0.29, 0.717) is 5.75 Å². The van der Waals surface area contributed by atoms with E-state index in [1.54, 1.807) is 17.3 Å². The fourth-order valence-electron chi connectivity index (χ4n) is 2.02. The lowest BCUT2D eigenvalue weighted by molar-refractivity contribution is -0.129. The molecule has 2 rings (SSSR count). The predicted molar refractivity (Wildman–Crippen MR) is 66.8 cm³/mol. The van der Waals surface area contributed by atoms with Crippen LogP contribution in [-0.4, -0.2) is 45.8 Å². The van der Waals surface area contributed by atoms with Crippen molar-refractivity contribution < 1.29 is 9.90 Å². The Kier molecular flexibility index (Phi) is 4.39. The van der Waals surface area contributed by atoms with Gasteiger partial charge in [0.1, 0.15) is 0 Å². The second-order valence-electron chi connectivity index (χ2n) is 4.04. The van der Waals surface area contributed by atoms with Crippen molar-refractivity contribution in [1.29, 1.82) is 0 Å². The van der Waals surface area contributed by atoms with Crippen LogP contribution in [0.3, 0.4) is 0 Å². The van der Waals surface area contributed by atoms with Crippen molar-refractivity contribution in [3.05, 3.63) is 24.5 Å². The molecule has 1 aliphatic heterocycles. The molecule has 4 nitrogen and oxygen atoms in total. The summed E-state index contributed by atoms with van der Waals surface area (Å²) in [6.07, 6.45) is 5.36. The minimum Gasteiger partial charge on any atom is -0.394 e. The number of hydrogen-bond acceptors (Lipinski definition) is 4. The zero-order chi connectivity index (χ0) is 12.1. The number of carbonyl (C=O) groups is 1. The van der Waals surface area contributed by atoms with E-state index in [1.165, 1.54) is 11.8 Å². The van der Waals surface area contributed by atoms with Gasteiger partial charge in [-0.25, -0.2) is 0 Å². The standard InChI is InChI=1S/C12H16N2O2S/c15-8-10-2-1-7-14(10)12(16)9-17-11-3-5-13-6-4-11/h3-6,10,15H,1-2,7-9H2. The van der Waals surface area contributed by atoms with Crippen molar-refractivity contribution in [2.24, 2.45) is 0 Å². The molecule has 0 saturated carbocycles. The molecular formula is C12H16N2O2S. The zero-order valence-corrected chi connectivity index (χ0v) is 10.4. The highest BCUT2D eigenvalue weighted by molar-refractivity contribution is 8.00. The van der Waals surface area contributed by atoms with E-state index in [9.17, 15) is 4.79 Å². The summed E-state index contributed by atoms with van der Waals surface area (Å²) in [5.74, 6) is 0.545. The SMILES string of the molecule is O=C(CSc1ccncc1)N1CCCC1CO. The van der Waals surface area contributed by atoms with Crippen LogP contribution in [0, 0.1) is 0 Å². The van der Waals surface area contributed by atoms with E-state index >= 15 is 0 Å². The number of hydrogen-bond donors (Lipinski definition) is 1. The molecule has 1 aromatic rings. The number of nitrogens with zero attached hydrogens (tertiary/aromatic N) is 2. The summed E-state index contributed by atoms with van der Waals surface area (Å²) < 4.78 is 0. The van der Waals surface area contributed by atoms with Gasteiger partial charge in [-0.3, -0.25) is 9.78 Å². The van der Waals surface area contributed by atoms with Crippen LogP contribution in [0.1, 0.15) is 12.8 Å². The molecule has 1 saturated heterocycles. The predicted octanol–water partition coefficient (Wildman–Crippen LogP) is 1.16. The quantitative estimate of drug-likeness (QED) is 0.817. The Morgan fingerprint density at radius 2 is 2.29 bits per heavy atom. The van der Waals surface area contributed by atoms with Gasteiger partial charge in [0.2, 0.25) is 5.91 Å². The van der Waals surface area contributed by atoms with Gasteiger partial charge in [-0.2, -0.15) is 0 Å². The smallest absolute Gasteiger partial charge is 0.233 e. The van der Waals surface area contributed by atoms with Crippen molar-refractivity contribution >= 4 is 17.7 Å². The molecule has 0 spiro atoms. The summed E-state index contributed by atoms with van der Waals surface area (Å²) in [6.45, 7) is 0.854. The molecule has 2 heterocycles. The van der Waals surface area contributed by atoms with Crippen LogP contribution >= 0.6 is 11.8 Å². The first-order chi connectivity index (χ1) is 8.31. The third-order valence-corrected chi connectivity index (χ3v) is 3.92. The van der Waals surface area contributed by atoms with Crippen LogP contribution in [-0.2, 0) is 4.79 Å². The summed E-state index contributed by atoms with van der Waals surface area (Å²) >= 11 is 1.52. The Balaban J connectivity index is 1.85. The molecule has 1 aromatic heterocycles. The van der Waals surface area contributed by atoms with Crippen LogP contribution in [0.15, 0.2) is 29.4 Å². The van der Waals surface area contributed by atoms with Gasteiger partial charge in [0, 0.05) is 23.8 Å². The number of carbonyl (C=O) groups excluding carboxylic acids is 1. The molecule has 1 fully saturated rings. The number of pyridine rings is 1. The molecule has 5 heteroatoms. The average Bonchev–Trinajstić information content (AvgIpc) is 2.85. The van der Waals surface area contributed by atoms with Crippen LogP contribution in [0.4, 0.5) is 0 Å². The molecule has 92 valence electrons. The van der Waals surface area contributed by atoms with Gasteiger partial charge >= 0.3 is 0 Å². The maximum Gasteiger partial charge on any atom is 0.233 e. The van der Waals surface area contributed by atoms with E-state index in [4.69, 9.17) is 5.11 Å². The number of thioether (sulfide) groups is 1. The van der Waals surface area contributed by atoms with Crippen molar-refractivity contribution in [2.75, 3.05) is 18.9 Å². The molecule has 0 bridgehead atoms. The maximum absolute atomic E-state index is 12.0. The fourth-order valence-corrected chi connectivity index (χ4v) is 2.79. The minimum atomic E-state index is 0.0283. The maximum atomic E-state index is 12.0. The van der Waals surface area contributed by atoms with Crippen molar-refractivity contribution in [1.82, 2.24) is 9.88 Å². The van der Waals surface area contributed by atoms with Crippen molar-refractivity contribution in [3.8, 4) is 0 Å². The first-order valence-corrected chi connectivity index (χ1v) is 6.73. The summed E-state index contributed by atoms with van der Waals surface area (Å²) in [6, 6.07) is 3.82. The molecule has 1 unspecified atom stereocenters. The highest BCUT2D eigenvalue weighted by Crippen LogP contribution is 2.21. The van der Waals surface area contributed by atoms with Gasteiger partial charge in [-0.05, 0) is 25.0 Å². The van der Waals surface area contributed by atoms with E-state index in [0.717, 1.165) is 24.3 Å². The van der Waals surface area contributed by atoms with E-state index in [1.807, 2.05) is 12.1 Å². The summed E-state index contributed by atoms with van der Waals surface area (Å²) in [7, 11) is 0. The monoisotopic (exact) mass is 252 g/mol. The van der Waals surface area contributed by atoms with Crippen LogP contribution < -0.4 is 0 Å². The zero-order valence-electron chi connectivity index (χ0n) is 9.58. The number of aliphatic hydroxyl groups is 1. The Hall–Kier alpha value is -1.07. The number of aromatic nitrogens is 1. The molecule has 0 aliphatic carbocycles. The van der Waals surface area contributed by atoms with Crippen LogP contribution in [0.2, 0.25) is 0 Å². The molecule has 17 heavy (non-hydrogen) atoms. The second kappa shape index (κ2) is 6.02. The molecule has 1 N–H and O–H groups in total. The Morgan fingerprint density at radius 1 is 1.53 bits per heavy atom. The van der Waals surface area contributed by atoms with Crippen molar-refractivity contribution in [3.63, 3.8) is 0 Å². The third kappa shape index (κ3) is 3.20. The Labute approximate surface area is 105 Å². The number of rotatable bonds is 4. The first-order valence-electron chi connectivity index (χ1n) is 5.74. The number of aliphatic hydroxyl groups excluding tert-OH is 1. The minimum absolute atomic E-state index is 0.0283. The average molecular weight is 252 g/mol. The normalized spacial score (nSPS) is 19.6. The summed E-state index contributed by atoms with van der Waals surface area (Å²) in [5.41, 5.74) is 0. The largest absolute Gasteiger partial charge is 0.394 e. The Morgan fingerprint density at radius 3 is 3.00 bits per heavy atom. The highest BCUT2D eigenvalue weighted by atomic mass is 32.2. The number of amides is 1. The lowest BCUT2D eigenvalue weighted by Crippen LogP contribution is -2.38. The molecule has 0 radical (unpaired) electrons. The van der Waals surface area contributed by atoms with Gasteiger partial charge in [0.05, 0.1) is 18.4 Å². The molecule has 1 amide bonds. The first kappa shape index (κ1) is 12.4. The summed E-state index contributed by atoms with van der Waals surface area (Å²) in [4.78, 5) is 18.7. The highest BCUT2D eigenvalue weighted by Gasteiger charge is 2.27.